The number of nitrogens with zero attached hydrogens (tertiary/aromatic N) is 2. The van der Waals surface area contributed by atoms with Gasteiger partial charge in [0.25, 0.3) is 0 Å². The van der Waals surface area contributed by atoms with E-state index in [0.717, 1.165) is 22.8 Å². The van der Waals surface area contributed by atoms with Crippen LogP contribution in [0.3, 0.4) is 0 Å². The molecule has 0 radical (unpaired) electrons. The molecular weight excluding hydrogens is 246 g/mol. The third-order valence-electron chi connectivity index (χ3n) is 2.36. The number of anilines is 1. The molecule has 0 aliphatic heterocycles. The van der Waals surface area contributed by atoms with Gasteiger partial charge in [0.05, 0.1) is 12.2 Å². The zero-order valence-corrected chi connectivity index (χ0v) is 11.4. The highest BCUT2D eigenvalue weighted by Gasteiger charge is 2.08. The van der Waals surface area contributed by atoms with Gasteiger partial charge in [-0.15, -0.1) is 0 Å². The zero-order valence-electron chi connectivity index (χ0n) is 10.6. The molecule has 0 unspecified atom stereocenters. The van der Waals surface area contributed by atoms with E-state index >= 15 is 0 Å². The highest BCUT2D eigenvalue weighted by molar-refractivity contribution is 7.99. The molecule has 0 saturated heterocycles. The average Bonchev–Trinajstić information content (AvgIpc) is 2.74. The largest absolute Gasteiger partial charge is 0.399 e. The molecule has 0 bridgehead atoms. The van der Waals surface area contributed by atoms with E-state index in [9.17, 15) is 0 Å². The topological polar surface area (TPSA) is 64.9 Å². The molecule has 0 aliphatic carbocycles. The van der Waals surface area contributed by atoms with Gasteiger partial charge in [0.15, 0.2) is 5.82 Å². The molecule has 0 aliphatic rings. The van der Waals surface area contributed by atoms with Crippen LogP contribution in [0.15, 0.2) is 28.8 Å². The number of aromatic nitrogens is 2. The summed E-state index contributed by atoms with van der Waals surface area (Å²) in [5, 5.41) is 4.54. The van der Waals surface area contributed by atoms with Crippen molar-refractivity contribution in [1.29, 1.82) is 0 Å². The lowest BCUT2D eigenvalue weighted by molar-refractivity contribution is 0.381. The van der Waals surface area contributed by atoms with Crippen LogP contribution in [0.5, 0.6) is 0 Å². The van der Waals surface area contributed by atoms with Crippen LogP contribution in [-0.2, 0) is 12.2 Å². The van der Waals surface area contributed by atoms with Crippen LogP contribution in [0.1, 0.15) is 31.1 Å². The van der Waals surface area contributed by atoms with Gasteiger partial charge < -0.3 is 10.3 Å². The Kier molecular flexibility index (Phi) is 4.25. The van der Waals surface area contributed by atoms with Crippen molar-refractivity contribution >= 4 is 17.4 Å². The normalized spacial score (nSPS) is 11.1. The zero-order chi connectivity index (χ0) is 13.0. The standard InChI is InChI=1S/C13H17N3OS/c1-9(2)18-8-12-15-13(17-16-12)7-10-4-3-5-11(14)6-10/h3-6,9H,7-8,14H2,1-2H3. The monoisotopic (exact) mass is 263 g/mol. The van der Waals surface area contributed by atoms with Crippen LogP contribution in [0.2, 0.25) is 0 Å². The first kappa shape index (κ1) is 13.0. The maximum Gasteiger partial charge on any atom is 0.231 e. The third-order valence-corrected chi connectivity index (χ3v) is 3.45. The van der Waals surface area contributed by atoms with E-state index in [1.54, 1.807) is 11.8 Å². The minimum absolute atomic E-state index is 0.570. The van der Waals surface area contributed by atoms with Crippen LogP contribution in [0, 0.1) is 0 Å². The second kappa shape index (κ2) is 5.91. The number of hydrogen-bond donors (Lipinski definition) is 1. The predicted octanol–water partition coefficient (Wildman–Crippen LogP) is 2.88. The van der Waals surface area contributed by atoms with Crippen molar-refractivity contribution in [3.05, 3.63) is 41.5 Å². The van der Waals surface area contributed by atoms with Crippen molar-refractivity contribution in [2.24, 2.45) is 0 Å². The van der Waals surface area contributed by atoms with Crippen molar-refractivity contribution in [2.45, 2.75) is 31.3 Å². The summed E-state index contributed by atoms with van der Waals surface area (Å²) in [5.41, 5.74) is 7.57. The Morgan fingerprint density at radius 2 is 2.22 bits per heavy atom. The van der Waals surface area contributed by atoms with Gasteiger partial charge in [-0.2, -0.15) is 16.7 Å². The molecule has 5 heteroatoms. The summed E-state index contributed by atoms with van der Waals surface area (Å²) in [6.07, 6.45) is 0.629. The summed E-state index contributed by atoms with van der Waals surface area (Å²) >= 11 is 1.80. The fraction of sp³-hybridized carbons (Fsp3) is 0.385. The maximum atomic E-state index is 5.73. The van der Waals surface area contributed by atoms with Gasteiger partial charge in [-0.3, -0.25) is 0 Å². The first-order chi connectivity index (χ1) is 8.63. The van der Waals surface area contributed by atoms with E-state index in [-0.39, 0.29) is 0 Å². The Morgan fingerprint density at radius 3 is 2.94 bits per heavy atom. The molecule has 0 spiro atoms. The highest BCUT2D eigenvalue weighted by Crippen LogP contribution is 2.16. The summed E-state index contributed by atoms with van der Waals surface area (Å²) in [4.78, 5) is 4.37. The Morgan fingerprint density at radius 1 is 1.39 bits per heavy atom. The van der Waals surface area contributed by atoms with E-state index in [0.29, 0.717) is 17.6 Å². The third kappa shape index (κ3) is 3.77. The van der Waals surface area contributed by atoms with Crippen molar-refractivity contribution in [3.63, 3.8) is 0 Å². The Balaban J connectivity index is 1.98. The summed E-state index contributed by atoms with van der Waals surface area (Å²) < 4.78 is 5.23. The molecule has 0 amide bonds. The molecule has 96 valence electrons. The second-order valence-corrected chi connectivity index (χ2v) is 5.95. The molecule has 1 heterocycles. The molecule has 1 aromatic carbocycles. The summed E-state index contributed by atoms with van der Waals surface area (Å²) in [7, 11) is 0. The lowest BCUT2D eigenvalue weighted by Crippen LogP contribution is -1.93. The first-order valence-electron chi connectivity index (χ1n) is 5.91. The Hall–Kier alpha value is -1.49. The number of nitrogen functional groups attached to an aromatic ring is 1. The highest BCUT2D eigenvalue weighted by atomic mass is 32.2. The molecule has 2 N–H and O–H groups in total. The molecule has 4 nitrogen and oxygen atoms in total. The van der Waals surface area contributed by atoms with Gasteiger partial charge in [0.2, 0.25) is 5.89 Å². The maximum absolute atomic E-state index is 5.73. The van der Waals surface area contributed by atoms with Gasteiger partial charge in [0.1, 0.15) is 0 Å². The van der Waals surface area contributed by atoms with Gasteiger partial charge in [-0.1, -0.05) is 31.1 Å². The summed E-state index contributed by atoms with van der Waals surface area (Å²) in [6, 6.07) is 7.72. The van der Waals surface area contributed by atoms with Crippen LogP contribution >= 0.6 is 11.8 Å². The van der Waals surface area contributed by atoms with Crippen LogP contribution < -0.4 is 5.73 Å². The summed E-state index contributed by atoms with van der Waals surface area (Å²) in [6.45, 7) is 4.30. The van der Waals surface area contributed by atoms with E-state index < -0.39 is 0 Å². The van der Waals surface area contributed by atoms with E-state index in [2.05, 4.69) is 24.0 Å². The fourth-order valence-corrected chi connectivity index (χ4v) is 2.14. The smallest absolute Gasteiger partial charge is 0.231 e. The lowest BCUT2D eigenvalue weighted by Gasteiger charge is -1.99. The lowest BCUT2D eigenvalue weighted by atomic mass is 10.1. The molecule has 0 saturated carbocycles. The molecule has 0 fully saturated rings. The van der Waals surface area contributed by atoms with Crippen LogP contribution in [0.25, 0.3) is 0 Å². The molecular formula is C13H17N3OS. The first-order valence-corrected chi connectivity index (χ1v) is 6.96. The second-order valence-electron chi connectivity index (χ2n) is 4.39. The molecule has 1 aromatic heterocycles. The quantitative estimate of drug-likeness (QED) is 0.840. The summed E-state index contributed by atoms with van der Waals surface area (Å²) in [5.74, 6) is 2.19. The number of hydrogen-bond acceptors (Lipinski definition) is 5. The molecule has 18 heavy (non-hydrogen) atoms. The number of rotatable bonds is 5. The Bertz CT molecular complexity index is 510. The van der Waals surface area contributed by atoms with Gasteiger partial charge in [-0.25, -0.2) is 0 Å². The molecule has 2 rings (SSSR count). The van der Waals surface area contributed by atoms with Crippen LogP contribution in [0.4, 0.5) is 5.69 Å². The SMILES string of the molecule is CC(C)SCc1noc(Cc2cccc(N)c2)n1. The number of thioether (sulfide) groups is 1. The van der Waals surface area contributed by atoms with Crippen molar-refractivity contribution in [2.75, 3.05) is 5.73 Å². The van der Waals surface area contributed by atoms with Crippen LogP contribution in [-0.4, -0.2) is 15.4 Å². The van der Waals surface area contributed by atoms with Gasteiger partial charge in [-0.05, 0) is 22.9 Å². The van der Waals surface area contributed by atoms with Gasteiger partial charge >= 0.3 is 0 Å². The Labute approximate surface area is 111 Å². The van der Waals surface area contributed by atoms with E-state index in [1.807, 2.05) is 24.3 Å². The minimum atomic E-state index is 0.570. The van der Waals surface area contributed by atoms with Gasteiger partial charge in [0, 0.05) is 5.69 Å². The minimum Gasteiger partial charge on any atom is -0.399 e. The van der Waals surface area contributed by atoms with Crippen molar-refractivity contribution < 1.29 is 4.52 Å². The fourth-order valence-electron chi connectivity index (χ4n) is 1.54. The van der Waals surface area contributed by atoms with E-state index in [1.165, 1.54) is 0 Å². The van der Waals surface area contributed by atoms with Crippen molar-refractivity contribution in [1.82, 2.24) is 10.1 Å². The number of nitrogens with two attached hydrogens (primary N) is 1. The van der Waals surface area contributed by atoms with Crippen molar-refractivity contribution in [3.8, 4) is 0 Å². The number of benzene rings is 1. The van der Waals surface area contributed by atoms with E-state index in [4.69, 9.17) is 10.3 Å². The molecule has 2 aromatic rings. The predicted molar refractivity (Wildman–Crippen MR) is 74.4 cm³/mol. The molecule has 0 atom stereocenters. The average molecular weight is 263 g/mol.